The summed E-state index contributed by atoms with van der Waals surface area (Å²) in [5.74, 6) is -1.28. The highest BCUT2D eigenvalue weighted by atomic mass is 32.2. The van der Waals surface area contributed by atoms with E-state index in [1.165, 1.54) is 0 Å². The summed E-state index contributed by atoms with van der Waals surface area (Å²) in [6.45, 7) is 0. The predicted octanol–water partition coefficient (Wildman–Crippen LogP) is 1.76. The van der Waals surface area contributed by atoms with Crippen molar-refractivity contribution in [2.45, 2.75) is 17.6 Å². The Balaban J connectivity index is 1.77. The molecule has 6 nitrogen and oxygen atoms in total. The quantitative estimate of drug-likeness (QED) is 0.925. The molecular weight excluding hydrogens is 296 g/mol. The maximum Gasteiger partial charge on any atom is 0.371 e. The van der Waals surface area contributed by atoms with Crippen molar-refractivity contribution in [3.8, 4) is 5.75 Å². The summed E-state index contributed by atoms with van der Waals surface area (Å²) in [6, 6.07) is 9.64. The van der Waals surface area contributed by atoms with Crippen molar-refractivity contribution in [2.75, 3.05) is 5.75 Å². The van der Waals surface area contributed by atoms with Gasteiger partial charge >= 0.3 is 5.97 Å². The zero-order chi connectivity index (χ0) is 15.0. The van der Waals surface area contributed by atoms with Gasteiger partial charge in [-0.05, 0) is 23.8 Å². The molecule has 1 unspecified atom stereocenters. The predicted molar refractivity (Wildman–Crippen MR) is 72.3 cm³/mol. The van der Waals surface area contributed by atoms with E-state index in [2.05, 4.69) is 0 Å². The number of sulfone groups is 1. The first-order valence-electron chi connectivity index (χ1n) is 6.26. The standard InChI is InChI=1S/C14H12O6S/c15-14(16)12-5-6-13(20-12)21(17,18)8-10-7-9-3-1-2-4-11(9)19-10/h1-6,10H,7-8H2,(H,15,16). The van der Waals surface area contributed by atoms with Gasteiger partial charge in [0.25, 0.3) is 0 Å². The Morgan fingerprint density at radius 3 is 2.67 bits per heavy atom. The van der Waals surface area contributed by atoms with Gasteiger partial charge in [-0.3, -0.25) is 0 Å². The van der Waals surface area contributed by atoms with Gasteiger partial charge in [-0.15, -0.1) is 0 Å². The van der Waals surface area contributed by atoms with Crippen molar-refractivity contribution in [1.82, 2.24) is 0 Å². The van der Waals surface area contributed by atoms with E-state index in [-0.39, 0.29) is 10.8 Å². The first kappa shape index (κ1) is 13.7. The van der Waals surface area contributed by atoms with Crippen LogP contribution in [0, 0.1) is 0 Å². The maximum atomic E-state index is 12.2. The van der Waals surface area contributed by atoms with Gasteiger partial charge in [0.05, 0.1) is 5.75 Å². The lowest BCUT2D eigenvalue weighted by Gasteiger charge is -2.09. The van der Waals surface area contributed by atoms with Crippen LogP contribution in [0.5, 0.6) is 5.75 Å². The van der Waals surface area contributed by atoms with Gasteiger partial charge in [-0.1, -0.05) is 18.2 Å². The Labute approximate surface area is 120 Å². The molecule has 0 spiro atoms. The number of aromatic carboxylic acids is 1. The second kappa shape index (κ2) is 4.92. The zero-order valence-corrected chi connectivity index (χ0v) is 11.7. The Bertz CT molecular complexity index is 764. The summed E-state index contributed by atoms with van der Waals surface area (Å²) >= 11 is 0. The number of para-hydroxylation sites is 1. The van der Waals surface area contributed by atoms with Crippen molar-refractivity contribution in [2.24, 2.45) is 0 Å². The molecule has 0 amide bonds. The van der Waals surface area contributed by atoms with Crippen LogP contribution in [-0.2, 0) is 16.3 Å². The number of carbonyl (C=O) groups is 1. The van der Waals surface area contributed by atoms with Crippen molar-refractivity contribution in [1.29, 1.82) is 0 Å². The summed E-state index contributed by atoms with van der Waals surface area (Å²) in [6.07, 6.45) is 0.00723. The number of benzene rings is 1. The summed E-state index contributed by atoms with van der Waals surface area (Å²) < 4.78 is 34.9. The Kier molecular flexibility index (Phi) is 3.21. The third-order valence-electron chi connectivity index (χ3n) is 3.22. The van der Waals surface area contributed by atoms with E-state index in [9.17, 15) is 13.2 Å². The minimum atomic E-state index is -3.73. The van der Waals surface area contributed by atoms with E-state index < -0.39 is 27.7 Å². The van der Waals surface area contributed by atoms with Crippen LogP contribution in [0.15, 0.2) is 45.9 Å². The molecule has 110 valence electrons. The van der Waals surface area contributed by atoms with Crippen LogP contribution in [0.2, 0.25) is 0 Å². The first-order chi connectivity index (χ1) is 9.95. The fraction of sp³-hybridized carbons (Fsp3) is 0.214. The van der Waals surface area contributed by atoms with Crippen molar-refractivity contribution >= 4 is 15.8 Å². The smallest absolute Gasteiger partial charge is 0.371 e. The number of ether oxygens (including phenoxy) is 1. The first-order valence-corrected chi connectivity index (χ1v) is 7.91. The van der Waals surface area contributed by atoms with Crippen LogP contribution in [0.1, 0.15) is 16.1 Å². The Morgan fingerprint density at radius 2 is 2.00 bits per heavy atom. The molecule has 1 aromatic carbocycles. The number of fused-ring (bicyclic) bond motifs is 1. The lowest BCUT2D eigenvalue weighted by molar-refractivity contribution is 0.0656. The monoisotopic (exact) mass is 308 g/mol. The van der Waals surface area contributed by atoms with Gasteiger partial charge in [0.1, 0.15) is 11.9 Å². The second-order valence-electron chi connectivity index (χ2n) is 4.76. The average Bonchev–Trinajstić information content (AvgIpc) is 3.04. The van der Waals surface area contributed by atoms with E-state index in [4.69, 9.17) is 14.3 Å². The van der Waals surface area contributed by atoms with E-state index in [0.717, 1.165) is 17.7 Å². The number of carboxylic acids is 1. The summed E-state index contributed by atoms with van der Waals surface area (Å²) in [4.78, 5) is 10.7. The SMILES string of the molecule is O=C(O)c1ccc(S(=O)(=O)CC2Cc3ccccc3O2)o1. The van der Waals surface area contributed by atoms with E-state index in [0.29, 0.717) is 12.2 Å². The van der Waals surface area contributed by atoms with Crippen LogP contribution in [-0.4, -0.2) is 31.4 Å². The van der Waals surface area contributed by atoms with Crippen LogP contribution in [0.4, 0.5) is 0 Å². The van der Waals surface area contributed by atoms with Gasteiger partial charge in [0.15, 0.2) is 0 Å². The summed E-state index contributed by atoms with van der Waals surface area (Å²) in [5.41, 5.74) is 0.961. The lowest BCUT2D eigenvalue weighted by atomic mass is 10.1. The molecular formula is C14H12O6S. The van der Waals surface area contributed by atoms with Crippen LogP contribution in [0.25, 0.3) is 0 Å². The summed E-state index contributed by atoms with van der Waals surface area (Å²) in [5, 5.41) is 8.41. The Hall–Kier alpha value is -2.28. The van der Waals surface area contributed by atoms with E-state index in [1.54, 1.807) is 6.07 Å². The van der Waals surface area contributed by atoms with Crippen molar-refractivity contribution in [3.05, 3.63) is 47.7 Å². The molecule has 0 aliphatic carbocycles. The van der Waals surface area contributed by atoms with Crippen molar-refractivity contribution in [3.63, 3.8) is 0 Å². The number of carboxylic acid groups (broad SMARTS) is 1. The molecule has 1 atom stereocenters. The Morgan fingerprint density at radius 1 is 1.24 bits per heavy atom. The number of hydrogen-bond acceptors (Lipinski definition) is 5. The highest BCUT2D eigenvalue weighted by molar-refractivity contribution is 7.91. The molecule has 7 heteroatoms. The molecule has 0 saturated carbocycles. The molecule has 3 rings (SSSR count). The normalized spacial score (nSPS) is 17.2. The fourth-order valence-electron chi connectivity index (χ4n) is 2.28. The average molecular weight is 308 g/mol. The number of furan rings is 1. The van der Waals surface area contributed by atoms with Crippen molar-refractivity contribution < 1.29 is 27.5 Å². The van der Waals surface area contributed by atoms with Crippen LogP contribution >= 0.6 is 0 Å². The van der Waals surface area contributed by atoms with Gasteiger partial charge in [0.2, 0.25) is 20.7 Å². The molecule has 1 aliphatic rings. The largest absolute Gasteiger partial charge is 0.489 e. The molecule has 2 aromatic rings. The second-order valence-corrected chi connectivity index (χ2v) is 6.72. The molecule has 0 saturated heterocycles. The van der Waals surface area contributed by atoms with Gasteiger partial charge in [-0.25, -0.2) is 13.2 Å². The highest BCUT2D eigenvalue weighted by Gasteiger charge is 2.30. The van der Waals surface area contributed by atoms with Crippen LogP contribution < -0.4 is 4.74 Å². The fourth-order valence-corrected chi connectivity index (χ4v) is 3.61. The molecule has 0 radical (unpaired) electrons. The minimum absolute atomic E-state index is 0.256. The molecule has 1 N–H and O–H groups in total. The zero-order valence-electron chi connectivity index (χ0n) is 10.9. The van der Waals surface area contributed by atoms with E-state index >= 15 is 0 Å². The number of rotatable bonds is 4. The number of hydrogen-bond donors (Lipinski definition) is 1. The third kappa shape index (κ3) is 2.64. The highest BCUT2D eigenvalue weighted by Crippen LogP contribution is 2.29. The molecule has 21 heavy (non-hydrogen) atoms. The molecule has 1 aliphatic heterocycles. The lowest BCUT2D eigenvalue weighted by Crippen LogP contribution is -2.24. The third-order valence-corrected chi connectivity index (χ3v) is 4.86. The van der Waals surface area contributed by atoms with E-state index in [1.807, 2.05) is 18.2 Å². The van der Waals surface area contributed by atoms with Gasteiger partial charge in [-0.2, -0.15) is 0 Å². The van der Waals surface area contributed by atoms with Crippen LogP contribution in [0.3, 0.4) is 0 Å². The molecule has 2 heterocycles. The molecule has 0 bridgehead atoms. The minimum Gasteiger partial charge on any atom is -0.489 e. The maximum absolute atomic E-state index is 12.2. The summed E-state index contributed by atoms with van der Waals surface area (Å²) in [7, 11) is -3.73. The topological polar surface area (TPSA) is 93.8 Å². The van der Waals surface area contributed by atoms with Gasteiger partial charge in [0, 0.05) is 6.42 Å². The molecule has 1 aromatic heterocycles. The molecule has 0 fully saturated rings. The van der Waals surface area contributed by atoms with Gasteiger partial charge < -0.3 is 14.3 Å².